The topological polar surface area (TPSA) is 177 Å². The van der Waals surface area contributed by atoms with Crippen LogP contribution in [-0.2, 0) is 47.6 Å². The molecule has 0 unspecified atom stereocenters. The fraction of sp³-hybridized carbons (Fsp3) is 0.824. The maximum atomic E-state index is 12.6. The van der Waals surface area contributed by atoms with Crippen molar-refractivity contribution in [1.29, 1.82) is 0 Å². The zero-order chi connectivity index (χ0) is 37.0. The average molecular weight is 718 g/mol. The summed E-state index contributed by atoms with van der Waals surface area (Å²) in [4.78, 5) is 60.5. The summed E-state index contributed by atoms with van der Waals surface area (Å²) in [6.45, 7) is 12.1. The summed E-state index contributed by atoms with van der Waals surface area (Å²) < 4.78 is 33.0. The third-order valence-electron chi connectivity index (χ3n) is 7.40. The molecule has 1 rings (SSSR count). The Morgan fingerprint density at radius 1 is 0.735 bits per heavy atom. The predicted octanol–water partition coefficient (Wildman–Crippen LogP) is 4.74. The summed E-state index contributed by atoms with van der Waals surface area (Å²) in [5, 5.41) is 8.99. The van der Waals surface area contributed by atoms with Gasteiger partial charge in [0.1, 0.15) is 18.3 Å². The smallest absolute Gasteiger partial charge is 0.407 e. The highest BCUT2D eigenvalue weighted by Crippen LogP contribution is 2.28. The van der Waals surface area contributed by atoms with Crippen molar-refractivity contribution in [3.8, 4) is 0 Å². The molecule has 1 aliphatic heterocycles. The second kappa shape index (κ2) is 23.2. The molecule has 0 aliphatic carbocycles. The van der Waals surface area contributed by atoms with E-state index >= 15 is 0 Å². The number of esters is 4. The van der Waals surface area contributed by atoms with Crippen molar-refractivity contribution < 1.29 is 52.4 Å². The number of nitrogens with one attached hydrogen (secondary N) is 3. The highest BCUT2D eigenvalue weighted by atomic mass is 32.1. The van der Waals surface area contributed by atoms with Crippen molar-refractivity contribution in [2.45, 2.75) is 168 Å². The molecule has 0 spiro atoms. The molecule has 0 aromatic heterocycles. The van der Waals surface area contributed by atoms with Crippen LogP contribution < -0.4 is 16.0 Å². The molecule has 1 aliphatic rings. The van der Waals surface area contributed by atoms with Gasteiger partial charge in [-0.3, -0.25) is 19.2 Å². The first-order valence-corrected chi connectivity index (χ1v) is 17.8. The number of alkyl carbamates (subject to hydrolysis) is 1. The van der Waals surface area contributed by atoms with Crippen LogP contribution in [0.25, 0.3) is 0 Å². The number of unbranched alkanes of at least 4 members (excludes halogenated alkanes) is 9. The van der Waals surface area contributed by atoms with Crippen LogP contribution in [-0.4, -0.2) is 90.5 Å². The Kier molecular flexibility index (Phi) is 20.8. The maximum Gasteiger partial charge on any atom is 0.407 e. The van der Waals surface area contributed by atoms with Gasteiger partial charge in [0.05, 0.1) is 0 Å². The predicted molar refractivity (Wildman–Crippen MR) is 185 cm³/mol. The van der Waals surface area contributed by atoms with E-state index in [1.165, 1.54) is 51.9 Å². The van der Waals surface area contributed by atoms with E-state index in [1.54, 1.807) is 20.8 Å². The fourth-order valence-corrected chi connectivity index (χ4v) is 5.52. The van der Waals surface area contributed by atoms with Gasteiger partial charge in [-0.05, 0) is 39.4 Å². The van der Waals surface area contributed by atoms with Crippen molar-refractivity contribution in [2.75, 3.05) is 13.2 Å². The lowest BCUT2D eigenvalue weighted by atomic mass is 9.97. The molecule has 1 amide bonds. The second-order valence-electron chi connectivity index (χ2n) is 13.3. The minimum Gasteiger partial charge on any atom is -0.463 e. The van der Waals surface area contributed by atoms with Crippen molar-refractivity contribution in [1.82, 2.24) is 16.0 Å². The number of carbonyl (C=O) groups excluding carboxylic acids is 5. The van der Waals surface area contributed by atoms with Gasteiger partial charge in [-0.25, -0.2) is 4.79 Å². The van der Waals surface area contributed by atoms with Crippen LogP contribution in [0.3, 0.4) is 0 Å². The highest BCUT2D eigenvalue weighted by molar-refractivity contribution is 7.80. The zero-order valence-corrected chi connectivity index (χ0v) is 31.4. The standard InChI is InChI=1S/C34H59N3O11S/c1-9-10-11-12-13-14-15-16-17-18-19-26(36-33(42)48-34(6,7)8)20-35-32(49)37-31-30(46-25(5)41)29(45-24(4)40)28(44-23(3)39)27(47-31)21-43-22(2)38/h26-31H,9-21H2,1-8H3,(H,36,42)(H2,35,37,49)/t26-,27-,28-,29+,30-,31-/m1/s1. The fourth-order valence-electron chi connectivity index (χ4n) is 5.32. The minimum absolute atomic E-state index is 0.0694. The average Bonchev–Trinajstić information content (AvgIpc) is 2.97. The first-order valence-electron chi connectivity index (χ1n) is 17.4. The number of carbonyl (C=O) groups is 5. The summed E-state index contributed by atoms with van der Waals surface area (Å²) in [6.07, 6.45) is 5.64. The van der Waals surface area contributed by atoms with Crippen LogP contribution in [0.2, 0.25) is 0 Å². The number of hydrogen-bond donors (Lipinski definition) is 3. The first-order chi connectivity index (χ1) is 23.0. The Hall–Kier alpha value is -3.20. The van der Waals surface area contributed by atoms with Crippen LogP contribution in [0.15, 0.2) is 0 Å². The number of ether oxygens (including phenoxy) is 6. The minimum atomic E-state index is -1.34. The first kappa shape index (κ1) is 43.8. The molecule has 0 radical (unpaired) electrons. The molecule has 1 saturated heterocycles. The van der Waals surface area contributed by atoms with Gasteiger partial charge in [-0.15, -0.1) is 0 Å². The van der Waals surface area contributed by atoms with Gasteiger partial charge < -0.3 is 44.4 Å². The van der Waals surface area contributed by atoms with Crippen molar-refractivity contribution in [3.63, 3.8) is 0 Å². The molecular formula is C34H59N3O11S. The van der Waals surface area contributed by atoms with Crippen molar-refractivity contribution in [2.24, 2.45) is 0 Å². The van der Waals surface area contributed by atoms with Gasteiger partial charge in [0.25, 0.3) is 0 Å². The van der Waals surface area contributed by atoms with Gasteiger partial charge in [-0.1, -0.05) is 71.1 Å². The quantitative estimate of drug-likeness (QED) is 0.0681. The molecule has 1 heterocycles. The summed E-state index contributed by atoms with van der Waals surface area (Å²) >= 11 is 5.55. The number of hydrogen-bond acceptors (Lipinski definition) is 12. The summed E-state index contributed by atoms with van der Waals surface area (Å²) in [5.74, 6) is -2.82. The van der Waals surface area contributed by atoms with Gasteiger partial charge in [0.15, 0.2) is 29.7 Å². The number of thiocarbonyl (C=S) groups is 1. The van der Waals surface area contributed by atoms with E-state index in [2.05, 4.69) is 22.9 Å². The third-order valence-corrected chi connectivity index (χ3v) is 7.66. The van der Waals surface area contributed by atoms with E-state index in [1.807, 2.05) is 0 Å². The number of rotatable bonds is 20. The number of amides is 1. The zero-order valence-electron chi connectivity index (χ0n) is 30.6. The van der Waals surface area contributed by atoms with Gasteiger partial charge in [-0.2, -0.15) is 0 Å². The SMILES string of the molecule is CCCCCCCCCCCC[C@H](CNC(=S)N[C@@H]1O[C@H](COC(C)=O)[C@@H](OC(C)=O)[C@H](OC(C)=O)[C@H]1OC(C)=O)NC(=O)OC(C)(C)C. The van der Waals surface area contributed by atoms with E-state index in [0.29, 0.717) is 6.42 Å². The van der Waals surface area contributed by atoms with E-state index in [9.17, 15) is 24.0 Å². The van der Waals surface area contributed by atoms with E-state index in [-0.39, 0.29) is 24.3 Å². The van der Waals surface area contributed by atoms with Crippen LogP contribution in [0.5, 0.6) is 0 Å². The Bertz CT molecular complexity index is 1070. The maximum absolute atomic E-state index is 12.6. The molecule has 6 atom stereocenters. The van der Waals surface area contributed by atoms with Crippen molar-refractivity contribution in [3.05, 3.63) is 0 Å². The molecular weight excluding hydrogens is 658 g/mol. The van der Waals surface area contributed by atoms with E-state index < -0.39 is 66.2 Å². The Balaban J connectivity index is 3.00. The largest absolute Gasteiger partial charge is 0.463 e. The lowest BCUT2D eigenvalue weighted by Crippen LogP contribution is -2.67. The molecule has 0 aromatic rings. The van der Waals surface area contributed by atoms with Gasteiger partial charge in [0, 0.05) is 40.3 Å². The molecule has 0 aromatic carbocycles. The van der Waals surface area contributed by atoms with Gasteiger partial charge >= 0.3 is 30.0 Å². The van der Waals surface area contributed by atoms with Gasteiger partial charge in [0.2, 0.25) is 0 Å². The summed E-state index contributed by atoms with van der Waals surface area (Å²) in [6, 6.07) is -0.334. The lowest BCUT2D eigenvalue weighted by Gasteiger charge is -2.44. The lowest BCUT2D eigenvalue weighted by molar-refractivity contribution is -0.254. The third kappa shape index (κ3) is 20.2. The molecule has 14 nitrogen and oxygen atoms in total. The van der Waals surface area contributed by atoms with E-state index in [4.69, 9.17) is 40.6 Å². The second-order valence-corrected chi connectivity index (χ2v) is 13.7. The molecule has 0 bridgehead atoms. The van der Waals surface area contributed by atoms with Crippen LogP contribution in [0, 0.1) is 0 Å². The van der Waals surface area contributed by atoms with Crippen LogP contribution in [0.1, 0.15) is 126 Å². The van der Waals surface area contributed by atoms with Crippen LogP contribution in [0.4, 0.5) is 4.79 Å². The summed E-state index contributed by atoms with van der Waals surface area (Å²) in [7, 11) is 0. The Morgan fingerprint density at radius 3 is 1.76 bits per heavy atom. The Labute approximate surface area is 296 Å². The monoisotopic (exact) mass is 717 g/mol. The van der Waals surface area contributed by atoms with E-state index in [0.717, 1.165) is 40.0 Å². The van der Waals surface area contributed by atoms with Crippen LogP contribution >= 0.6 is 12.2 Å². The molecule has 0 saturated carbocycles. The molecule has 3 N–H and O–H groups in total. The molecule has 1 fully saturated rings. The van der Waals surface area contributed by atoms with Crippen molar-refractivity contribution >= 4 is 47.3 Å². The molecule has 49 heavy (non-hydrogen) atoms. The summed E-state index contributed by atoms with van der Waals surface area (Å²) in [5.41, 5.74) is -0.675. The highest BCUT2D eigenvalue weighted by Gasteiger charge is 2.52. The molecule has 282 valence electrons. The Morgan fingerprint density at radius 2 is 1.24 bits per heavy atom. The normalized spacial score (nSPS) is 21.0. The molecule has 15 heteroatoms.